The second kappa shape index (κ2) is 3.24. The van der Waals surface area contributed by atoms with Crippen molar-refractivity contribution in [1.29, 1.82) is 0 Å². The molecule has 0 amide bonds. The highest BCUT2D eigenvalue weighted by Gasteiger charge is 2.61. The van der Waals surface area contributed by atoms with Gasteiger partial charge in [0.05, 0.1) is 0 Å². The monoisotopic (exact) mass is 232 g/mol. The van der Waals surface area contributed by atoms with Crippen LogP contribution in [0.5, 0.6) is 0 Å². The number of allylic oxidation sites excluding steroid dienone is 1. The quantitative estimate of drug-likeness (QED) is 0.669. The zero-order valence-electron chi connectivity index (χ0n) is 11.2. The molecule has 1 nitrogen and oxygen atoms in total. The van der Waals surface area contributed by atoms with Crippen molar-refractivity contribution in [3.05, 3.63) is 12.7 Å². The molecule has 2 atom stereocenters. The normalized spacial score (nSPS) is 51.5. The highest BCUT2D eigenvalue weighted by atomic mass is 16.1. The Morgan fingerprint density at radius 2 is 1.76 bits per heavy atom. The smallest absolute Gasteiger partial charge is 0.142 e. The van der Waals surface area contributed by atoms with Crippen molar-refractivity contribution in [2.24, 2.45) is 22.2 Å². The Bertz CT molecular complexity index is 363. The largest absolute Gasteiger partial charge is 0.299 e. The van der Waals surface area contributed by atoms with Gasteiger partial charge in [0.25, 0.3) is 0 Å². The Kier molecular flexibility index (Phi) is 2.19. The number of carbonyl (C=O) groups is 1. The van der Waals surface area contributed by atoms with E-state index in [4.69, 9.17) is 0 Å². The topological polar surface area (TPSA) is 17.1 Å². The molecule has 0 saturated heterocycles. The second-order valence-corrected chi connectivity index (χ2v) is 7.83. The molecule has 4 bridgehead atoms. The predicted octanol–water partition coefficient (Wildman–Crippen LogP) is 4.13. The first-order valence-corrected chi connectivity index (χ1v) is 7.03. The van der Waals surface area contributed by atoms with Crippen LogP contribution < -0.4 is 0 Å². The fraction of sp³-hybridized carbons (Fsp3) is 0.812. The van der Waals surface area contributed by atoms with E-state index >= 15 is 0 Å². The lowest BCUT2D eigenvalue weighted by Gasteiger charge is -2.64. The van der Waals surface area contributed by atoms with Crippen LogP contribution in [0, 0.1) is 22.2 Å². The van der Waals surface area contributed by atoms with Gasteiger partial charge in [-0.25, -0.2) is 0 Å². The summed E-state index contributed by atoms with van der Waals surface area (Å²) in [6.07, 6.45) is 9.93. The van der Waals surface area contributed by atoms with Crippen molar-refractivity contribution in [1.82, 2.24) is 0 Å². The van der Waals surface area contributed by atoms with Crippen LogP contribution in [0.3, 0.4) is 0 Å². The first-order chi connectivity index (χ1) is 7.89. The van der Waals surface area contributed by atoms with Crippen molar-refractivity contribution in [2.75, 3.05) is 0 Å². The van der Waals surface area contributed by atoms with Gasteiger partial charge in [-0.3, -0.25) is 4.79 Å². The Hall–Kier alpha value is -0.590. The molecule has 1 heteroatoms. The van der Waals surface area contributed by atoms with E-state index < -0.39 is 0 Å². The third-order valence-corrected chi connectivity index (χ3v) is 5.55. The van der Waals surface area contributed by atoms with Crippen LogP contribution in [0.15, 0.2) is 12.7 Å². The summed E-state index contributed by atoms with van der Waals surface area (Å²) < 4.78 is 0. The van der Waals surface area contributed by atoms with Crippen LogP contribution >= 0.6 is 0 Å². The zero-order chi connectivity index (χ0) is 12.3. The minimum atomic E-state index is 0.0249. The molecule has 4 aliphatic carbocycles. The minimum Gasteiger partial charge on any atom is -0.299 e. The average molecular weight is 232 g/mol. The van der Waals surface area contributed by atoms with Gasteiger partial charge in [-0.15, -0.1) is 6.58 Å². The van der Waals surface area contributed by atoms with Crippen molar-refractivity contribution in [2.45, 2.75) is 58.8 Å². The van der Waals surface area contributed by atoms with E-state index in [1.54, 1.807) is 6.08 Å². The molecule has 0 aliphatic heterocycles. The predicted molar refractivity (Wildman–Crippen MR) is 69.7 cm³/mol. The molecule has 4 aliphatic rings. The molecule has 94 valence electrons. The molecule has 0 heterocycles. The van der Waals surface area contributed by atoms with E-state index in [9.17, 15) is 4.79 Å². The number of carbonyl (C=O) groups excluding carboxylic acids is 1. The second-order valence-electron chi connectivity index (χ2n) is 7.83. The molecule has 0 spiro atoms. The molecular formula is C16H24O. The Balaban J connectivity index is 1.97. The molecule has 0 aromatic carbocycles. The standard InChI is InChI=1S/C16H24O/c1-4-5-13(17)16-8-12-6-14(2,10-16)9-15(3,7-12)11-16/h4,12H,1,5-11H2,2-3H3. The maximum absolute atomic E-state index is 12.5. The third-order valence-electron chi connectivity index (χ3n) is 5.55. The van der Waals surface area contributed by atoms with Crippen molar-refractivity contribution in [3.8, 4) is 0 Å². The summed E-state index contributed by atoms with van der Waals surface area (Å²) in [6, 6.07) is 0. The van der Waals surface area contributed by atoms with Crippen LogP contribution in [0.2, 0.25) is 0 Å². The molecular weight excluding hydrogens is 208 g/mol. The lowest BCUT2D eigenvalue weighted by atomic mass is 9.39. The molecule has 17 heavy (non-hydrogen) atoms. The number of ketones is 1. The van der Waals surface area contributed by atoms with Gasteiger partial charge < -0.3 is 0 Å². The first kappa shape index (κ1) is 11.5. The molecule has 0 radical (unpaired) electrons. The summed E-state index contributed by atoms with van der Waals surface area (Å²) in [4.78, 5) is 12.5. The van der Waals surface area contributed by atoms with Gasteiger partial charge in [0.15, 0.2) is 0 Å². The summed E-state index contributed by atoms with van der Waals surface area (Å²) >= 11 is 0. The highest BCUT2D eigenvalue weighted by molar-refractivity contribution is 5.86. The molecule has 2 unspecified atom stereocenters. The SMILES string of the molecule is C=CCC(=O)C12CC3CC(C)(CC(C)(C3)C1)C2. The summed E-state index contributed by atoms with van der Waals surface area (Å²) in [6.45, 7) is 8.59. The van der Waals surface area contributed by atoms with E-state index in [2.05, 4.69) is 20.4 Å². The average Bonchev–Trinajstić information content (AvgIpc) is 2.11. The molecule has 0 aromatic heterocycles. The summed E-state index contributed by atoms with van der Waals surface area (Å²) in [5.41, 5.74) is 0.924. The lowest BCUT2D eigenvalue weighted by molar-refractivity contribution is -0.167. The Labute approximate surface area is 105 Å². The van der Waals surface area contributed by atoms with Crippen molar-refractivity contribution < 1.29 is 4.79 Å². The van der Waals surface area contributed by atoms with Crippen molar-refractivity contribution in [3.63, 3.8) is 0 Å². The Morgan fingerprint density at radius 3 is 2.24 bits per heavy atom. The fourth-order valence-electron chi connectivity index (χ4n) is 6.11. The van der Waals surface area contributed by atoms with Gasteiger partial charge in [0.2, 0.25) is 0 Å². The molecule has 0 N–H and O–H groups in total. The van der Waals surface area contributed by atoms with Crippen LogP contribution in [-0.4, -0.2) is 5.78 Å². The van der Waals surface area contributed by atoms with Crippen LogP contribution in [0.1, 0.15) is 58.8 Å². The van der Waals surface area contributed by atoms with E-state index in [1.807, 2.05) is 0 Å². The summed E-state index contributed by atoms with van der Waals surface area (Å²) in [7, 11) is 0. The van der Waals surface area contributed by atoms with Gasteiger partial charge in [-0.05, 0) is 55.3 Å². The molecule has 0 aromatic rings. The summed E-state index contributed by atoms with van der Waals surface area (Å²) in [5.74, 6) is 1.30. The van der Waals surface area contributed by atoms with E-state index in [0.717, 1.165) is 18.8 Å². The lowest BCUT2D eigenvalue weighted by Crippen LogP contribution is -2.57. The number of hydrogen-bond acceptors (Lipinski definition) is 1. The van der Waals surface area contributed by atoms with Crippen LogP contribution in [0.4, 0.5) is 0 Å². The van der Waals surface area contributed by atoms with Crippen molar-refractivity contribution >= 4 is 5.78 Å². The van der Waals surface area contributed by atoms with E-state index in [-0.39, 0.29) is 5.41 Å². The maximum Gasteiger partial charge on any atom is 0.142 e. The number of rotatable bonds is 3. The maximum atomic E-state index is 12.5. The number of hydrogen-bond donors (Lipinski definition) is 0. The van der Waals surface area contributed by atoms with Crippen LogP contribution in [0.25, 0.3) is 0 Å². The highest BCUT2D eigenvalue weighted by Crippen LogP contribution is 2.69. The fourth-order valence-corrected chi connectivity index (χ4v) is 6.11. The first-order valence-electron chi connectivity index (χ1n) is 7.03. The van der Waals surface area contributed by atoms with Gasteiger partial charge >= 0.3 is 0 Å². The van der Waals surface area contributed by atoms with E-state index in [0.29, 0.717) is 23.0 Å². The molecule has 4 fully saturated rings. The van der Waals surface area contributed by atoms with Gasteiger partial charge in [0, 0.05) is 11.8 Å². The van der Waals surface area contributed by atoms with E-state index in [1.165, 1.54) is 25.7 Å². The zero-order valence-corrected chi connectivity index (χ0v) is 11.2. The summed E-state index contributed by atoms with van der Waals surface area (Å²) in [5, 5.41) is 0. The Morgan fingerprint density at radius 1 is 1.18 bits per heavy atom. The number of Topliss-reactive ketones (excluding diaryl/α,β-unsaturated/α-hetero) is 1. The van der Waals surface area contributed by atoms with Crippen LogP contribution in [-0.2, 0) is 4.79 Å². The third kappa shape index (κ3) is 1.62. The van der Waals surface area contributed by atoms with Gasteiger partial charge in [0.1, 0.15) is 5.78 Å². The molecule has 4 rings (SSSR count). The van der Waals surface area contributed by atoms with Gasteiger partial charge in [-0.1, -0.05) is 19.9 Å². The minimum absolute atomic E-state index is 0.0249. The van der Waals surface area contributed by atoms with Gasteiger partial charge in [-0.2, -0.15) is 0 Å². The molecule has 4 saturated carbocycles.